The highest BCUT2D eigenvalue weighted by Gasteiger charge is 2.04. The van der Waals surface area contributed by atoms with Crippen molar-refractivity contribution in [3.05, 3.63) is 48.5 Å². The van der Waals surface area contributed by atoms with Crippen molar-refractivity contribution in [3.8, 4) is 5.75 Å². The molecule has 0 amide bonds. The van der Waals surface area contributed by atoms with Crippen molar-refractivity contribution in [2.45, 2.75) is 13.2 Å². The third-order valence-corrected chi connectivity index (χ3v) is 2.17. The number of hydrogen-bond donors (Lipinski definition) is 1. The monoisotopic (exact) mass is 251 g/mol. The van der Waals surface area contributed by atoms with Crippen molar-refractivity contribution < 1.29 is 13.5 Å². The summed E-state index contributed by atoms with van der Waals surface area (Å²) in [5.41, 5.74) is 1.59. The fourth-order valence-corrected chi connectivity index (χ4v) is 1.41. The summed E-state index contributed by atoms with van der Waals surface area (Å²) >= 11 is 0. The van der Waals surface area contributed by atoms with Gasteiger partial charge in [-0.1, -0.05) is 6.07 Å². The molecule has 0 radical (unpaired) electrons. The van der Waals surface area contributed by atoms with Gasteiger partial charge in [-0.2, -0.15) is 8.78 Å². The molecule has 0 saturated heterocycles. The summed E-state index contributed by atoms with van der Waals surface area (Å²) in [5.74, 6) is 0.124. The molecule has 1 aromatic heterocycles. The van der Waals surface area contributed by atoms with E-state index in [0.717, 1.165) is 5.56 Å². The Morgan fingerprint density at radius 2 is 2.00 bits per heavy atom. The maximum atomic E-state index is 12.0. The Bertz CT molecular complexity index is 494. The van der Waals surface area contributed by atoms with Gasteiger partial charge in [-0.15, -0.1) is 0 Å². The van der Waals surface area contributed by atoms with Crippen LogP contribution in [0.25, 0.3) is 0 Å². The van der Waals surface area contributed by atoms with E-state index in [4.69, 9.17) is 0 Å². The lowest BCUT2D eigenvalue weighted by Gasteiger charge is -2.08. The van der Waals surface area contributed by atoms with Crippen molar-refractivity contribution in [1.82, 2.24) is 9.97 Å². The molecule has 1 heterocycles. The minimum atomic E-state index is -2.82. The van der Waals surface area contributed by atoms with Crippen LogP contribution in [-0.4, -0.2) is 16.6 Å². The summed E-state index contributed by atoms with van der Waals surface area (Å²) in [6.07, 6.45) is 4.81. The topological polar surface area (TPSA) is 47.0 Å². The van der Waals surface area contributed by atoms with Crippen molar-refractivity contribution in [2.75, 3.05) is 5.32 Å². The van der Waals surface area contributed by atoms with Gasteiger partial charge in [-0.3, -0.25) is 0 Å². The molecule has 6 heteroatoms. The first kappa shape index (κ1) is 12.2. The summed E-state index contributed by atoms with van der Waals surface area (Å²) in [6, 6.07) is 6.39. The minimum Gasteiger partial charge on any atom is -0.435 e. The number of alkyl halides is 2. The van der Waals surface area contributed by atoms with Crippen LogP contribution in [0.3, 0.4) is 0 Å². The highest BCUT2D eigenvalue weighted by molar-refractivity contribution is 5.48. The van der Waals surface area contributed by atoms with E-state index in [1.165, 1.54) is 18.5 Å². The number of rotatable bonds is 5. The van der Waals surface area contributed by atoms with Gasteiger partial charge in [0.15, 0.2) is 0 Å². The number of hydrogen-bond acceptors (Lipinski definition) is 4. The van der Waals surface area contributed by atoms with E-state index in [2.05, 4.69) is 20.0 Å². The molecule has 0 unspecified atom stereocenters. The van der Waals surface area contributed by atoms with Crippen molar-refractivity contribution in [1.29, 1.82) is 0 Å². The standard InChI is InChI=1S/C12H11F2N3O/c13-12(14)18-11-3-1-2-10(4-11)17-7-9-5-15-8-16-6-9/h1-6,8,12,17H,7H2. The summed E-state index contributed by atoms with van der Waals surface area (Å²) in [7, 11) is 0. The number of halogens is 2. The molecular formula is C12H11F2N3O. The molecule has 18 heavy (non-hydrogen) atoms. The van der Waals surface area contributed by atoms with Crippen LogP contribution in [0.15, 0.2) is 43.0 Å². The molecule has 94 valence electrons. The lowest BCUT2D eigenvalue weighted by atomic mass is 10.3. The first-order chi connectivity index (χ1) is 8.74. The number of aromatic nitrogens is 2. The van der Waals surface area contributed by atoms with Crippen LogP contribution in [0.2, 0.25) is 0 Å². The summed E-state index contributed by atoms with van der Waals surface area (Å²) in [5, 5.41) is 3.07. The summed E-state index contributed by atoms with van der Waals surface area (Å²) < 4.78 is 28.4. The molecule has 0 aliphatic carbocycles. The van der Waals surface area contributed by atoms with Gasteiger partial charge >= 0.3 is 6.61 Å². The Balaban J connectivity index is 1.97. The van der Waals surface area contributed by atoms with Crippen molar-refractivity contribution >= 4 is 5.69 Å². The third kappa shape index (κ3) is 3.65. The molecule has 0 fully saturated rings. The molecule has 0 aliphatic rings. The van der Waals surface area contributed by atoms with E-state index < -0.39 is 6.61 Å². The minimum absolute atomic E-state index is 0.124. The van der Waals surface area contributed by atoms with Gasteiger partial charge in [0, 0.05) is 36.3 Å². The normalized spacial score (nSPS) is 10.4. The van der Waals surface area contributed by atoms with Crippen LogP contribution in [0, 0.1) is 0 Å². The Morgan fingerprint density at radius 3 is 2.72 bits per heavy atom. The van der Waals surface area contributed by atoms with Crippen LogP contribution in [-0.2, 0) is 6.54 Å². The fraction of sp³-hybridized carbons (Fsp3) is 0.167. The zero-order valence-electron chi connectivity index (χ0n) is 9.38. The predicted octanol–water partition coefficient (Wildman–Crippen LogP) is 2.69. The Kier molecular flexibility index (Phi) is 4.01. The van der Waals surface area contributed by atoms with E-state index >= 15 is 0 Å². The average molecular weight is 251 g/mol. The SMILES string of the molecule is FC(F)Oc1cccc(NCc2cncnc2)c1. The quantitative estimate of drug-likeness (QED) is 0.887. The molecule has 0 aliphatic heterocycles. The average Bonchev–Trinajstić information content (AvgIpc) is 2.37. The van der Waals surface area contributed by atoms with Gasteiger partial charge in [0.1, 0.15) is 12.1 Å². The van der Waals surface area contributed by atoms with Crippen LogP contribution >= 0.6 is 0 Å². The van der Waals surface area contributed by atoms with E-state index in [9.17, 15) is 8.78 Å². The Labute approximate surface area is 103 Å². The molecule has 0 bridgehead atoms. The number of anilines is 1. The molecule has 4 nitrogen and oxygen atoms in total. The summed E-state index contributed by atoms with van der Waals surface area (Å²) in [6.45, 7) is -2.30. The second-order valence-corrected chi connectivity index (χ2v) is 3.51. The fourth-order valence-electron chi connectivity index (χ4n) is 1.41. The highest BCUT2D eigenvalue weighted by atomic mass is 19.3. The van der Waals surface area contributed by atoms with Gasteiger partial charge in [-0.25, -0.2) is 9.97 Å². The second-order valence-electron chi connectivity index (χ2n) is 3.51. The van der Waals surface area contributed by atoms with Gasteiger partial charge in [-0.05, 0) is 12.1 Å². The largest absolute Gasteiger partial charge is 0.435 e. The Hall–Kier alpha value is -2.24. The molecule has 1 aromatic carbocycles. The van der Waals surface area contributed by atoms with Crippen molar-refractivity contribution in [3.63, 3.8) is 0 Å². The van der Waals surface area contributed by atoms with Crippen molar-refractivity contribution in [2.24, 2.45) is 0 Å². The predicted molar refractivity (Wildman–Crippen MR) is 62.4 cm³/mol. The van der Waals surface area contributed by atoms with E-state index in [0.29, 0.717) is 12.2 Å². The smallest absolute Gasteiger partial charge is 0.387 e. The lowest BCUT2D eigenvalue weighted by Crippen LogP contribution is -2.03. The molecular weight excluding hydrogens is 240 g/mol. The second kappa shape index (κ2) is 5.90. The molecule has 2 rings (SSSR count). The van der Waals surface area contributed by atoms with E-state index in [1.807, 2.05) is 0 Å². The zero-order valence-corrected chi connectivity index (χ0v) is 9.38. The number of nitrogens with zero attached hydrogens (tertiary/aromatic N) is 2. The molecule has 2 aromatic rings. The maximum Gasteiger partial charge on any atom is 0.387 e. The van der Waals surface area contributed by atoms with Gasteiger partial charge < -0.3 is 10.1 Å². The van der Waals surface area contributed by atoms with Crippen LogP contribution < -0.4 is 10.1 Å². The van der Waals surface area contributed by atoms with Gasteiger partial charge in [0.2, 0.25) is 0 Å². The van der Waals surface area contributed by atoms with Crippen LogP contribution in [0.1, 0.15) is 5.56 Å². The lowest BCUT2D eigenvalue weighted by molar-refractivity contribution is -0.0498. The van der Waals surface area contributed by atoms with Crippen LogP contribution in [0.5, 0.6) is 5.75 Å². The first-order valence-corrected chi connectivity index (χ1v) is 5.26. The number of benzene rings is 1. The van der Waals surface area contributed by atoms with Gasteiger partial charge in [0.05, 0.1) is 0 Å². The zero-order chi connectivity index (χ0) is 12.8. The first-order valence-electron chi connectivity index (χ1n) is 5.26. The molecule has 1 N–H and O–H groups in total. The number of nitrogens with one attached hydrogen (secondary N) is 1. The molecule has 0 spiro atoms. The highest BCUT2D eigenvalue weighted by Crippen LogP contribution is 2.19. The summed E-state index contributed by atoms with van der Waals surface area (Å²) in [4.78, 5) is 7.76. The molecule has 0 atom stereocenters. The maximum absolute atomic E-state index is 12.0. The van der Waals surface area contributed by atoms with Gasteiger partial charge in [0.25, 0.3) is 0 Å². The molecule has 0 saturated carbocycles. The van der Waals surface area contributed by atoms with Crippen LogP contribution in [0.4, 0.5) is 14.5 Å². The van der Waals surface area contributed by atoms with E-state index in [1.54, 1.807) is 24.5 Å². The Morgan fingerprint density at radius 1 is 1.22 bits per heavy atom. The third-order valence-electron chi connectivity index (χ3n) is 2.17. The number of ether oxygens (including phenoxy) is 1. The van der Waals surface area contributed by atoms with E-state index in [-0.39, 0.29) is 5.75 Å².